The first-order valence-corrected chi connectivity index (χ1v) is 6.61. The molecule has 2 N–H and O–H groups in total. The summed E-state index contributed by atoms with van der Waals surface area (Å²) in [5, 5.41) is 0. The summed E-state index contributed by atoms with van der Waals surface area (Å²) in [6.45, 7) is 0. The van der Waals surface area contributed by atoms with Gasteiger partial charge < -0.3 is 5.73 Å². The smallest absolute Gasteiger partial charge is 0.389 e. The lowest BCUT2D eigenvalue weighted by atomic mass is 10.3. The van der Waals surface area contributed by atoms with Crippen LogP contribution in [0.2, 0.25) is 0 Å². The van der Waals surface area contributed by atoms with Crippen LogP contribution in [0.3, 0.4) is 0 Å². The molecule has 1 aromatic carbocycles. The molecule has 18 heavy (non-hydrogen) atoms. The van der Waals surface area contributed by atoms with Gasteiger partial charge in [-0.15, -0.1) is 0 Å². The highest BCUT2D eigenvalue weighted by Crippen LogP contribution is 2.23. The van der Waals surface area contributed by atoms with Crippen molar-refractivity contribution in [2.45, 2.75) is 23.9 Å². The van der Waals surface area contributed by atoms with Gasteiger partial charge in [0.05, 0.1) is 16.3 Å². The number of halogens is 4. The number of benzene rings is 1. The van der Waals surface area contributed by atoms with Crippen molar-refractivity contribution in [1.29, 1.82) is 0 Å². The highest BCUT2D eigenvalue weighted by atomic mass is 32.2. The van der Waals surface area contributed by atoms with E-state index in [1.165, 1.54) is 0 Å². The first-order chi connectivity index (χ1) is 8.12. The van der Waals surface area contributed by atoms with Crippen molar-refractivity contribution in [2.75, 3.05) is 11.5 Å². The first-order valence-electron chi connectivity index (χ1n) is 4.96. The van der Waals surface area contributed by atoms with E-state index < -0.39 is 40.4 Å². The Bertz CT molecular complexity index is 525. The number of hydrogen-bond donors (Lipinski definition) is 1. The molecule has 0 saturated heterocycles. The molecule has 0 spiro atoms. The van der Waals surface area contributed by atoms with Gasteiger partial charge in [-0.05, 0) is 24.6 Å². The summed E-state index contributed by atoms with van der Waals surface area (Å²) in [4.78, 5) is -0.364. The Morgan fingerprint density at radius 3 is 2.33 bits per heavy atom. The molecule has 0 atom stereocenters. The molecule has 0 aromatic heterocycles. The van der Waals surface area contributed by atoms with E-state index in [2.05, 4.69) is 0 Å². The monoisotopic (exact) mass is 285 g/mol. The number of anilines is 1. The summed E-state index contributed by atoms with van der Waals surface area (Å²) in [5.74, 6) is -1.59. The summed E-state index contributed by atoms with van der Waals surface area (Å²) >= 11 is 0. The van der Waals surface area contributed by atoms with Crippen molar-refractivity contribution in [3.63, 3.8) is 0 Å². The Morgan fingerprint density at radius 1 is 1.22 bits per heavy atom. The predicted octanol–water partition coefficient (Wildman–Crippen LogP) is 2.52. The van der Waals surface area contributed by atoms with Crippen molar-refractivity contribution in [2.24, 2.45) is 0 Å². The van der Waals surface area contributed by atoms with Gasteiger partial charge in [-0.25, -0.2) is 12.8 Å². The maximum Gasteiger partial charge on any atom is 0.389 e. The number of sulfone groups is 1. The van der Waals surface area contributed by atoms with E-state index in [0.717, 1.165) is 12.1 Å². The lowest BCUT2D eigenvalue weighted by molar-refractivity contribution is -0.134. The van der Waals surface area contributed by atoms with E-state index in [0.29, 0.717) is 6.07 Å². The van der Waals surface area contributed by atoms with Gasteiger partial charge in [0.15, 0.2) is 9.84 Å². The number of rotatable bonds is 4. The van der Waals surface area contributed by atoms with Gasteiger partial charge in [0.1, 0.15) is 5.82 Å². The second-order valence-corrected chi connectivity index (χ2v) is 5.83. The Kier molecular flexibility index (Phi) is 4.20. The van der Waals surface area contributed by atoms with E-state index in [1.807, 2.05) is 0 Å². The second-order valence-electron chi connectivity index (χ2n) is 3.72. The van der Waals surface area contributed by atoms with Gasteiger partial charge in [-0.2, -0.15) is 13.2 Å². The Labute approximate surface area is 102 Å². The summed E-state index contributed by atoms with van der Waals surface area (Å²) in [6, 6.07) is 2.84. The van der Waals surface area contributed by atoms with E-state index in [9.17, 15) is 26.0 Å². The Hall–Kier alpha value is -1.31. The highest BCUT2D eigenvalue weighted by molar-refractivity contribution is 7.91. The molecule has 0 aliphatic heterocycles. The summed E-state index contributed by atoms with van der Waals surface area (Å²) < 4.78 is 71.9. The van der Waals surface area contributed by atoms with Gasteiger partial charge >= 0.3 is 6.18 Å². The molecule has 0 unspecified atom stereocenters. The molecule has 8 heteroatoms. The van der Waals surface area contributed by atoms with Gasteiger partial charge in [0.2, 0.25) is 0 Å². The normalized spacial score (nSPS) is 12.7. The lowest BCUT2D eigenvalue weighted by Gasteiger charge is -2.07. The molecule has 0 heterocycles. The molecule has 102 valence electrons. The fourth-order valence-electron chi connectivity index (χ4n) is 1.28. The molecule has 0 aliphatic carbocycles. The third-order valence-electron chi connectivity index (χ3n) is 2.20. The Morgan fingerprint density at radius 2 is 1.83 bits per heavy atom. The fourth-order valence-corrected chi connectivity index (χ4v) is 2.60. The number of alkyl halides is 3. The van der Waals surface area contributed by atoms with Crippen molar-refractivity contribution >= 4 is 15.5 Å². The predicted molar refractivity (Wildman–Crippen MR) is 58.2 cm³/mol. The zero-order valence-electron chi connectivity index (χ0n) is 9.17. The maximum absolute atomic E-state index is 13.1. The average molecular weight is 285 g/mol. The van der Waals surface area contributed by atoms with Gasteiger partial charge in [-0.1, -0.05) is 0 Å². The SMILES string of the molecule is Nc1ccc(S(=O)(=O)CCCC(F)(F)F)cc1F. The molecule has 1 rings (SSSR count). The minimum Gasteiger partial charge on any atom is -0.396 e. The molecule has 3 nitrogen and oxygen atoms in total. The summed E-state index contributed by atoms with van der Waals surface area (Å²) in [5.41, 5.74) is 4.95. The second kappa shape index (κ2) is 5.13. The molecule has 0 aliphatic rings. The third kappa shape index (κ3) is 4.17. The zero-order chi connectivity index (χ0) is 14.0. The zero-order valence-corrected chi connectivity index (χ0v) is 9.98. The summed E-state index contributed by atoms with van der Waals surface area (Å²) in [7, 11) is -3.92. The molecular formula is C10H11F4NO2S. The van der Waals surface area contributed by atoms with E-state index in [4.69, 9.17) is 5.73 Å². The van der Waals surface area contributed by atoms with Crippen LogP contribution >= 0.6 is 0 Å². The van der Waals surface area contributed by atoms with Gasteiger partial charge in [0.25, 0.3) is 0 Å². The van der Waals surface area contributed by atoms with Crippen molar-refractivity contribution in [3.8, 4) is 0 Å². The Balaban J connectivity index is 2.77. The van der Waals surface area contributed by atoms with Crippen LogP contribution in [0, 0.1) is 5.82 Å². The van der Waals surface area contributed by atoms with Crippen LogP contribution in [-0.2, 0) is 9.84 Å². The first kappa shape index (κ1) is 14.7. The minimum absolute atomic E-state index is 0.218. The molecule has 0 radical (unpaired) electrons. The van der Waals surface area contributed by atoms with Crippen LogP contribution in [-0.4, -0.2) is 20.3 Å². The molecule has 0 saturated carbocycles. The van der Waals surface area contributed by atoms with E-state index >= 15 is 0 Å². The van der Waals surface area contributed by atoms with Crippen LogP contribution in [0.15, 0.2) is 23.1 Å². The van der Waals surface area contributed by atoms with Crippen molar-refractivity contribution in [1.82, 2.24) is 0 Å². The quantitative estimate of drug-likeness (QED) is 0.683. The number of nitrogen functional groups attached to an aromatic ring is 1. The highest BCUT2D eigenvalue weighted by Gasteiger charge is 2.27. The van der Waals surface area contributed by atoms with Crippen LogP contribution in [0.4, 0.5) is 23.2 Å². The lowest BCUT2D eigenvalue weighted by Crippen LogP contribution is -2.13. The van der Waals surface area contributed by atoms with Crippen LogP contribution < -0.4 is 5.73 Å². The summed E-state index contributed by atoms with van der Waals surface area (Å²) in [6.07, 6.45) is -6.15. The van der Waals surface area contributed by atoms with E-state index in [1.54, 1.807) is 0 Å². The third-order valence-corrected chi connectivity index (χ3v) is 4.00. The molecule has 1 aromatic rings. The van der Waals surface area contributed by atoms with Crippen LogP contribution in [0.5, 0.6) is 0 Å². The van der Waals surface area contributed by atoms with Gasteiger partial charge in [-0.3, -0.25) is 0 Å². The minimum atomic E-state index is -4.40. The molecular weight excluding hydrogens is 274 g/mol. The van der Waals surface area contributed by atoms with Crippen molar-refractivity contribution < 1.29 is 26.0 Å². The molecule has 0 bridgehead atoms. The molecule has 0 amide bonds. The largest absolute Gasteiger partial charge is 0.396 e. The van der Waals surface area contributed by atoms with Crippen molar-refractivity contribution in [3.05, 3.63) is 24.0 Å². The van der Waals surface area contributed by atoms with E-state index in [-0.39, 0.29) is 10.6 Å². The van der Waals surface area contributed by atoms with Crippen LogP contribution in [0.25, 0.3) is 0 Å². The maximum atomic E-state index is 13.1. The number of hydrogen-bond acceptors (Lipinski definition) is 3. The molecule has 0 fully saturated rings. The van der Waals surface area contributed by atoms with Gasteiger partial charge in [0, 0.05) is 6.42 Å². The standard InChI is InChI=1S/C10H11F4NO2S/c11-8-6-7(2-3-9(8)15)18(16,17)5-1-4-10(12,13)14/h2-3,6H,1,4-5,15H2. The van der Waals surface area contributed by atoms with Crippen LogP contribution in [0.1, 0.15) is 12.8 Å². The topological polar surface area (TPSA) is 60.2 Å². The average Bonchev–Trinajstić information content (AvgIpc) is 2.19. The number of nitrogens with two attached hydrogens (primary N) is 1. The fraction of sp³-hybridized carbons (Fsp3) is 0.400.